The molecule has 96 valence electrons. The molecule has 0 atom stereocenters. The highest BCUT2D eigenvalue weighted by Crippen LogP contribution is 2.32. The van der Waals surface area contributed by atoms with Gasteiger partial charge in [0.15, 0.2) is 0 Å². The van der Waals surface area contributed by atoms with E-state index in [0.717, 1.165) is 32.3 Å². The summed E-state index contributed by atoms with van der Waals surface area (Å²) in [5.74, 6) is 0.0890. The molecular weight excluding hydrogens is 417 g/mol. The SMILES string of the molecule is O=C(c1ccccc1I)N1CCc2cc(Br)ccc21. The molecule has 0 N–H and O–H groups in total. The van der Waals surface area contributed by atoms with Gasteiger partial charge >= 0.3 is 0 Å². The van der Waals surface area contributed by atoms with E-state index in [-0.39, 0.29) is 5.91 Å². The third kappa shape index (κ3) is 2.43. The summed E-state index contributed by atoms with van der Waals surface area (Å²) in [5.41, 5.74) is 3.04. The third-order valence-electron chi connectivity index (χ3n) is 3.29. The minimum Gasteiger partial charge on any atom is -0.308 e. The molecule has 0 aliphatic carbocycles. The summed E-state index contributed by atoms with van der Waals surface area (Å²) in [4.78, 5) is 14.5. The second-order valence-corrected chi connectivity index (χ2v) is 6.54. The number of nitrogens with zero attached hydrogens (tertiary/aromatic N) is 1. The molecule has 0 unspecified atom stereocenters. The molecule has 0 spiro atoms. The summed E-state index contributed by atoms with van der Waals surface area (Å²) < 4.78 is 2.06. The maximum absolute atomic E-state index is 12.6. The molecule has 2 aromatic rings. The summed E-state index contributed by atoms with van der Waals surface area (Å²) in [5, 5.41) is 0. The Balaban J connectivity index is 1.98. The van der Waals surface area contributed by atoms with E-state index in [1.807, 2.05) is 41.3 Å². The summed E-state index contributed by atoms with van der Waals surface area (Å²) in [6.07, 6.45) is 0.921. The molecule has 0 radical (unpaired) electrons. The minimum absolute atomic E-state index is 0.0890. The van der Waals surface area contributed by atoms with Crippen molar-refractivity contribution in [1.82, 2.24) is 0 Å². The molecule has 3 rings (SSSR count). The molecule has 1 amide bonds. The molecule has 4 heteroatoms. The zero-order valence-electron chi connectivity index (χ0n) is 10.1. The Bertz CT molecular complexity index is 656. The van der Waals surface area contributed by atoms with E-state index in [4.69, 9.17) is 0 Å². The smallest absolute Gasteiger partial charge is 0.259 e. The lowest BCUT2D eigenvalue weighted by Gasteiger charge is -2.18. The predicted molar refractivity (Wildman–Crippen MR) is 88.7 cm³/mol. The highest BCUT2D eigenvalue weighted by Gasteiger charge is 2.26. The van der Waals surface area contributed by atoms with Gasteiger partial charge in [-0.2, -0.15) is 0 Å². The fraction of sp³-hybridized carbons (Fsp3) is 0.133. The Labute approximate surface area is 134 Å². The van der Waals surface area contributed by atoms with Crippen LogP contribution in [0.1, 0.15) is 15.9 Å². The number of halogens is 2. The van der Waals surface area contributed by atoms with Gasteiger partial charge in [-0.05, 0) is 64.9 Å². The number of hydrogen-bond acceptors (Lipinski definition) is 1. The number of amides is 1. The van der Waals surface area contributed by atoms with Crippen LogP contribution in [0.15, 0.2) is 46.9 Å². The highest BCUT2D eigenvalue weighted by molar-refractivity contribution is 14.1. The van der Waals surface area contributed by atoms with Gasteiger partial charge in [-0.1, -0.05) is 28.1 Å². The third-order valence-corrected chi connectivity index (χ3v) is 4.72. The Hall–Kier alpha value is -0.880. The Morgan fingerprint density at radius 3 is 2.79 bits per heavy atom. The van der Waals surface area contributed by atoms with Crippen LogP contribution in [-0.2, 0) is 6.42 Å². The van der Waals surface area contributed by atoms with Gasteiger partial charge in [-0.3, -0.25) is 4.79 Å². The van der Waals surface area contributed by atoms with Crippen LogP contribution in [0, 0.1) is 3.57 Å². The van der Waals surface area contributed by atoms with E-state index in [1.54, 1.807) is 0 Å². The first-order valence-electron chi connectivity index (χ1n) is 6.01. The molecular formula is C15H11BrINO. The Morgan fingerprint density at radius 2 is 2.00 bits per heavy atom. The monoisotopic (exact) mass is 427 g/mol. The fourth-order valence-corrected chi connectivity index (χ4v) is 3.39. The van der Waals surface area contributed by atoms with Crippen LogP contribution in [0.25, 0.3) is 0 Å². The van der Waals surface area contributed by atoms with Crippen molar-refractivity contribution < 1.29 is 4.79 Å². The van der Waals surface area contributed by atoms with Gasteiger partial charge in [0.2, 0.25) is 0 Å². The van der Waals surface area contributed by atoms with E-state index >= 15 is 0 Å². The second kappa shape index (κ2) is 5.25. The van der Waals surface area contributed by atoms with Gasteiger partial charge < -0.3 is 4.90 Å². The van der Waals surface area contributed by atoms with Gasteiger partial charge in [0.05, 0.1) is 5.56 Å². The van der Waals surface area contributed by atoms with Crippen LogP contribution in [0.2, 0.25) is 0 Å². The van der Waals surface area contributed by atoms with E-state index in [9.17, 15) is 4.79 Å². The molecule has 0 bridgehead atoms. The first-order chi connectivity index (χ1) is 9.16. The standard InChI is InChI=1S/C15H11BrINO/c16-11-5-6-14-10(9-11)7-8-18(14)15(19)12-3-1-2-4-13(12)17/h1-6,9H,7-8H2. The molecule has 0 aromatic heterocycles. The number of anilines is 1. The molecule has 0 saturated heterocycles. The largest absolute Gasteiger partial charge is 0.308 e. The zero-order valence-corrected chi connectivity index (χ0v) is 13.8. The lowest BCUT2D eigenvalue weighted by atomic mass is 10.1. The van der Waals surface area contributed by atoms with Crippen LogP contribution in [0.3, 0.4) is 0 Å². The van der Waals surface area contributed by atoms with Crippen molar-refractivity contribution >= 4 is 50.1 Å². The summed E-state index contributed by atoms with van der Waals surface area (Å²) in [7, 11) is 0. The van der Waals surface area contributed by atoms with Crippen molar-refractivity contribution in [3.05, 3.63) is 61.6 Å². The van der Waals surface area contributed by atoms with Crippen molar-refractivity contribution in [2.24, 2.45) is 0 Å². The maximum atomic E-state index is 12.6. The van der Waals surface area contributed by atoms with Crippen molar-refractivity contribution in [2.45, 2.75) is 6.42 Å². The summed E-state index contributed by atoms with van der Waals surface area (Å²) in [6.45, 7) is 0.760. The average Bonchev–Trinajstić information content (AvgIpc) is 2.81. The van der Waals surface area contributed by atoms with Gasteiger partial charge in [0.25, 0.3) is 5.91 Å². The van der Waals surface area contributed by atoms with Crippen LogP contribution in [0.5, 0.6) is 0 Å². The summed E-state index contributed by atoms with van der Waals surface area (Å²) >= 11 is 5.69. The molecule has 19 heavy (non-hydrogen) atoms. The van der Waals surface area contributed by atoms with Crippen molar-refractivity contribution in [1.29, 1.82) is 0 Å². The lowest BCUT2D eigenvalue weighted by molar-refractivity contribution is 0.0988. The van der Waals surface area contributed by atoms with Gasteiger partial charge in [-0.15, -0.1) is 0 Å². The van der Waals surface area contributed by atoms with Crippen LogP contribution in [0.4, 0.5) is 5.69 Å². The topological polar surface area (TPSA) is 20.3 Å². The van der Waals surface area contributed by atoms with E-state index in [0.29, 0.717) is 0 Å². The average molecular weight is 428 g/mol. The Kier molecular flexibility index (Phi) is 3.62. The number of rotatable bonds is 1. The minimum atomic E-state index is 0.0890. The van der Waals surface area contributed by atoms with Crippen LogP contribution < -0.4 is 4.90 Å². The second-order valence-electron chi connectivity index (χ2n) is 4.46. The first-order valence-corrected chi connectivity index (χ1v) is 7.89. The molecule has 0 saturated carbocycles. The summed E-state index contributed by atoms with van der Waals surface area (Å²) in [6, 6.07) is 13.8. The van der Waals surface area contributed by atoms with Gasteiger partial charge in [0.1, 0.15) is 0 Å². The number of benzene rings is 2. The van der Waals surface area contributed by atoms with E-state index in [1.165, 1.54) is 5.56 Å². The molecule has 0 fully saturated rings. The maximum Gasteiger partial charge on any atom is 0.259 e. The number of carbonyl (C=O) groups excluding carboxylic acids is 1. The molecule has 1 heterocycles. The van der Waals surface area contributed by atoms with E-state index in [2.05, 4.69) is 44.6 Å². The predicted octanol–water partition coefficient (Wildman–Crippen LogP) is 4.26. The van der Waals surface area contributed by atoms with Crippen LogP contribution >= 0.6 is 38.5 Å². The molecule has 2 nitrogen and oxygen atoms in total. The van der Waals surface area contributed by atoms with Gasteiger partial charge in [-0.25, -0.2) is 0 Å². The van der Waals surface area contributed by atoms with Crippen molar-refractivity contribution in [3.63, 3.8) is 0 Å². The van der Waals surface area contributed by atoms with Gasteiger partial charge in [0, 0.05) is 20.3 Å². The quantitative estimate of drug-likeness (QED) is 0.623. The number of fused-ring (bicyclic) bond motifs is 1. The Morgan fingerprint density at radius 1 is 1.21 bits per heavy atom. The van der Waals surface area contributed by atoms with Crippen molar-refractivity contribution in [2.75, 3.05) is 11.4 Å². The number of hydrogen-bond donors (Lipinski definition) is 0. The molecule has 2 aromatic carbocycles. The fourth-order valence-electron chi connectivity index (χ4n) is 2.36. The van der Waals surface area contributed by atoms with E-state index < -0.39 is 0 Å². The molecule has 1 aliphatic heterocycles. The first kappa shape index (κ1) is 13.1. The van der Waals surface area contributed by atoms with Crippen LogP contribution in [-0.4, -0.2) is 12.5 Å². The number of carbonyl (C=O) groups is 1. The molecule has 1 aliphatic rings. The highest BCUT2D eigenvalue weighted by atomic mass is 127. The lowest BCUT2D eigenvalue weighted by Crippen LogP contribution is -2.29. The van der Waals surface area contributed by atoms with Crippen molar-refractivity contribution in [3.8, 4) is 0 Å². The normalized spacial score (nSPS) is 13.5. The zero-order chi connectivity index (χ0) is 13.4.